The third-order valence-corrected chi connectivity index (χ3v) is 5.18. The number of halogens is 2. The van der Waals surface area contributed by atoms with E-state index in [0.29, 0.717) is 28.1 Å². The normalized spacial score (nSPS) is 13.3. The maximum absolute atomic E-state index is 13.3. The third kappa shape index (κ3) is 3.57. The lowest BCUT2D eigenvalue weighted by Crippen LogP contribution is -2.32. The lowest BCUT2D eigenvalue weighted by Gasteiger charge is -2.19. The Bertz CT molecular complexity index is 1210. The molecule has 2 N–H and O–H groups in total. The van der Waals surface area contributed by atoms with Crippen LogP contribution >= 0.6 is 11.6 Å². The predicted octanol–water partition coefficient (Wildman–Crippen LogP) is 4.69. The van der Waals surface area contributed by atoms with Gasteiger partial charge in [-0.1, -0.05) is 35.9 Å². The molecule has 0 saturated heterocycles. The molecule has 1 aliphatic rings. The topological polar surface area (TPSA) is 75.3 Å². The molecule has 1 aliphatic carbocycles. The summed E-state index contributed by atoms with van der Waals surface area (Å²) in [6.07, 6.45) is 0. The maximum Gasteiger partial charge on any atom is 0.246 e. The molecular weight excluding hydrogens is 407 g/mol. The van der Waals surface area contributed by atoms with Gasteiger partial charge in [0.25, 0.3) is 0 Å². The molecule has 5 nitrogen and oxygen atoms in total. The highest BCUT2D eigenvalue weighted by Crippen LogP contribution is 2.29. The summed E-state index contributed by atoms with van der Waals surface area (Å²) in [5.41, 5.74) is 2.17. The van der Waals surface area contributed by atoms with E-state index < -0.39 is 11.9 Å². The number of ketones is 2. The number of carbonyl (C=O) groups excluding carboxylic acids is 3. The van der Waals surface area contributed by atoms with Crippen LogP contribution in [0.2, 0.25) is 5.02 Å². The van der Waals surface area contributed by atoms with Crippen LogP contribution in [0.15, 0.2) is 60.7 Å². The standard InChI is InChI=1S/C23H16ClFN2O3/c1-12(26-14-7-9-20(25)19(24)11-14)23(30)27-13-6-8-17-18(10-13)22(29)16-5-3-2-4-15(16)21(17)28/h2-12,26H,1H3,(H,27,30). The van der Waals surface area contributed by atoms with Crippen LogP contribution in [-0.4, -0.2) is 23.5 Å². The number of anilines is 2. The maximum atomic E-state index is 13.3. The molecule has 1 unspecified atom stereocenters. The smallest absolute Gasteiger partial charge is 0.246 e. The molecule has 1 amide bonds. The zero-order chi connectivity index (χ0) is 21.4. The number of carbonyl (C=O) groups is 3. The summed E-state index contributed by atoms with van der Waals surface area (Å²) in [4.78, 5) is 38.0. The van der Waals surface area contributed by atoms with E-state index in [9.17, 15) is 18.8 Å². The van der Waals surface area contributed by atoms with Gasteiger partial charge in [0.1, 0.15) is 11.9 Å². The average molecular weight is 423 g/mol. The van der Waals surface area contributed by atoms with E-state index in [0.717, 1.165) is 0 Å². The predicted molar refractivity (Wildman–Crippen MR) is 113 cm³/mol. The lowest BCUT2D eigenvalue weighted by atomic mass is 9.84. The molecule has 0 aromatic heterocycles. The van der Waals surface area contributed by atoms with Crippen LogP contribution in [0, 0.1) is 5.82 Å². The molecule has 0 aliphatic heterocycles. The van der Waals surface area contributed by atoms with Gasteiger partial charge in [-0.15, -0.1) is 0 Å². The minimum absolute atomic E-state index is 0.0502. The van der Waals surface area contributed by atoms with Gasteiger partial charge >= 0.3 is 0 Å². The van der Waals surface area contributed by atoms with Crippen LogP contribution < -0.4 is 10.6 Å². The Hall–Kier alpha value is -3.51. The Kier molecular flexibility index (Phi) is 5.10. The number of hydrogen-bond donors (Lipinski definition) is 2. The molecule has 0 heterocycles. The second-order valence-electron chi connectivity index (χ2n) is 6.95. The van der Waals surface area contributed by atoms with Gasteiger partial charge in [-0.05, 0) is 43.3 Å². The summed E-state index contributed by atoms with van der Waals surface area (Å²) in [6.45, 7) is 1.63. The molecule has 1 atom stereocenters. The Morgan fingerprint density at radius 1 is 0.867 bits per heavy atom. The zero-order valence-corrected chi connectivity index (χ0v) is 16.6. The van der Waals surface area contributed by atoms with E-state index in [1.54, 1.807) is 43.3 Å². The number of amides is 1. The Balaban J connectivity index is 1.53. The molecular formula is C23H16ClFN2O3. The van der Waals surface area contributed by atoms with Gasteiger partial charge in [0.2, 0.25) is 5.91 Å². The zero-order valence-electron chi connectivity index (χ0n) is 15.8. The minimum Gasteiger partial charge on any atom is -0.374 e. The van der Waals surface area contributed by atoms with Crippen molar-refractivity contribution in [1.29, 1.82) is 0 Å². The highest BCUT2D eigenvalue weighted by Gasteiger charge is 2.29. The van der Waals surface area contributed by atoms with Gasteiger partial charge in [0.15, 0.2) is 11.6 Å². The minimum atomic E-state index is -0.666. The molecule has 0 bridgehead atoms. The molecule has 150 valence electrons. The summed E-state index contributed by atoms with van der Waals surface area (Å²) >= 11 is 5.76. The first kappa shape index (κ1) is 19.8. The molecule has 3 aromatic carbocycles. The number of benzene rings is 3. The van der Waals surface area contributed by atoms with Crippen molar-refractivity contribution in [1.82, 2.24) is 0 Å². The van der Waals surface area contributed by atoms with Gasteiger partial charge in [-0.3, -0.25) is 14.4 Å². The first-order valence-electron chi connectivity index (χ1n) is 9.20. The fraction of sp³-hybridized carbons (Fsp3) is 0.0870. The number of rotatable bonds is 4. The Morgan fingerprint density at radius 3 is 2.13 bits per heavy atom. The van der Waals surface area contributed by atoms with E-state index in [4.69, 9.17) is 11.6 Å². The molecule has 4 rings (SSSR count). The third-order valence-electron chi connectivity index (χ3n) is 4.89. The van der Waals surface area contributed by atoms with Crippen molar-refractivity contribution in [2.75, 3.05) is 10.6 Å². The number of nitrogens with one attached hydrogen (secondary N) is 2. The van der Waals surface area contributed by atoms with Crippen LogP contribution in [0.25, 0.3) is 0 Å². The first-order valence-corrected chi connectivity index (χ1v) is 9.58. The SMILES string of the molecule is CC(Nc1ccc(F)c(Cl)c1)C(=O)Nc1ccc2c(c1)C(=O)c1ccccc1C2=O. The Morgan fingerprint density at radius 2 is 1.47 bits per heavy atom. The molecule has 30 heavy (non-hydrogen) atoms. The first-order chi connectivity index (χ1) is 14.3. The van der Waals surface area contributed by atoms with Crippen molar-refractivity contribution in [3.05, 3.63) is 93.8 Å². The number of fused-ring (bicyclic) bond motifs is 2. The van der Waals surface area contributed by atoms with Gasteiger partial charge in [0, 0.05) is 33.6 Å². The molecule has 0 spiro atoms. The van der Waals surface area contributed by atoms with Gasteiger partial charge in [0.05, 0.1) is 5.02 Å². The van der Waals surface area contributed by atoms with Crippen LogP contribution in [0.1, 0.15) is 38.8 Å². The van der Waals surface area contributed by atoms with Crippen LogP contribution in [0.4, 0.5) is 15.8 Å². The summed E-state index contributed by atoms with van der Waals surface area (Å²) in [5.74, 6) is -1.40. The van der Waals surface area contributed by atoms with Crippen molar-refractivity contribution in [3.63, 3.8) is 0 Å². The van der Waals surface area contributed by atoms with E-state index >= 15 is 0 Å². The highest BCUT2D eigenvalue weighted by atomic mass is 35.5. The van der Waals surface area contributed by atoms with E-state index in [1.165, 1.54) is 24.3 Å². The van der Waals surface area contributed by atoms with Gasteiger partial charge in [-0.25, -0.2) is 4.39 Å². The van der Waals surface area contributed by atoms with Crippen molar-refractivity contribution >= 4 is 40.4 Å². The van der Waals surface area contributed by atoms with Gasteiger partial charge in [-0.2, -0.15) is 0 Å². The average Bonchev–Trinajstić information content (AvgIpc) is 2.74. The summed E-state index contributed by atoms with van der Waals surface area (Å²) in [5, 5.41) is 5.61. The number of hydrogen-bond acceptors (Lipinski definition) is 4. The van der Waals surface area contributed by atoms with Gasteiger partial charge < -0.3 is 10.6 Å². The lowest BCUT2D eigenvalue weighted by molar-refractivity contribution is -0.116. The van der Waals surface area contributed by atoms with Crippen molar-refractivity contribution in [2.45, 2.75) is 13.0 Å². The molecule has 0 fully saturated rings. The molecule has 3 aromatic rings. The van der Waals surface area contributed by atoms with Crippen molar-refractivity contribution < 1.29 is 18.8 Å². The molecule has 0 radical (unpaired) electrons. The molecule has 7 heteroatoms. The second-order valence-corrected chi connectivity index (χ2v) is 7.36. The monoisotopic (exact) mass is 422 g/mol. The van der Waals surface area contributed by atoms with Crippen LogP contribution in [-0.2, 0) is 4.79 Å². The Labute approximate surface area is 176 Å². The quantitative estimate of drug-likeness (QED) is 0.500. The van der Waals surface area contributed by atoms with E-state index in [1.807, 2.05) is 0 Å². The van der Waals surface area contributed by atoms with E-state index in [-0.39, 0.29) is 28.1 Å². The fourth-order valence-electron chi connectivity index (χ4n) is 3.33. The highest BCUT2D eigenvalue weighted by molar-refractivity contribution is 6.31. The summed E-state index contributed by atoms with van der Waals surface area (Å²) in [7, 11) is 0. The van der Waals surface area contributed by atoms with E-state index in [2.05, 4.69) is 10.6 Å². The summed E-state index contributed by atoms with van der Waals surface area (Å²) < 4.78 is 13.3. The summed E-state index contributed by atoms with van der Waals surface area (Å²) in [6, 6.07) is 14.7. The van der Waals surface area contributed by atoms with Crippen LogP contribution in [0.3, 0.4) is 0 Å². The van der Waals surface area contributed by atoms with Crippen molar-refractivity contribution in [3.8, 4) is 0 Å². The second kappa shape index (κ2) is 7.72. The fourth-order valence-corrected chi connectivity index (χ4v) is 3.51. The van der Waals surface area contributed by atoms with Crippen LogP contribution in [0.5, 0.6) is 0 Å². The molecule has 0 saturated carbocycles. The van der Waals surface area contributed by atoms with Crippen molar-refractivity contribution in [2.24, 2.45) is 0 Å². The largest absolute Gasteiger partial charge is 0.374 e.